The molecule has 1 saturated carbocycles. The number of esters is 1. The van der Waals surface area contributed by atoms with Crippen molar-refractivity contribution in [2.45, 2.75) is 64.2 Å². The summed E-state index contributed by atoms with van der Waals surface area (Å²) in [5, 5.41) is 7.78. The number of ether oxygens (including phenoxy) is 2. The van der Waals surface area contributed by atoms with E-state index in [0.29, 0.717) is 35.4 Å². The van der Waals surface area contributed by atoms with Crippen molar-refractivity contribution in [3.8, 4) is 17.1 Å². The van der Waals surface area contributed by atoms with Crippen LogP contribution in [0.5, 0.6) is 0 Å². The van der Waals surface area contributed by atoms with Crippen LogP contribution in [-0.4, -0.2) is 50.4 Å². The number of benzene rings is 4. The number of halogens is 1. The summed E-state index contributed by atoms with van der Waals surface area (Å²) in [4.78, 5) is 46.2. The Morgan fingerprint density at radius 1 is 0.961 bits per heavy atom. The number of primary amides is 1. The van der Waals surface area contributed by atoms with Gasteiger partial charge in [0.25, 0.3) is 5.91 Å². The Morgan fingerprint density at radius 3 is 2.49 bits per heavy atom. The molecule has 2 heterocycles. The number of carbonyl (C=O) groups is 3. The van der Waals surface area contributed by atoms with Gasteiger partial charge in [-0.1, -0.05) is 36.8 Å². The molecule has 0 bridgehead atoms. The number of hydrogen-bond acceptors (Lipinski definition) is 7. The Kier molecular flexibility index (Phi) is 8.62. The second-order valence-corrected chi connectivity index (χ2v) is 13.9. The fourth-order valence-electron chi connectivity index (χ4n) is 6.93. The topological polar surface area (TPSA) is 153 Å². The second-order valence-electron chi connectivity index (χ2n) is 13.9. The molecule has 51 heavy (non-hydrogen) atoms. The average Bonchev–Trinajstić information content (AvgIpc) is 3.66. The van der Waals surface area contributed by atoms with Gasteiger partial charge in [-0.3, -0.25) is 9.59 Å². The number of aromatic nitrogens is 3. The van der Waals surface area contributed by atoms with Gasteiger partial charge in [0.2, 0.25) is 0 Å². The number of nitrogens with one attached hydrogen (secondary N) is 3. The highest BCUT2D eigenvalue weighted by atomic mass is 19.1. The van der Waals surface area contributed by atoms with Crippen LogP contribution < -0.4 is 16.4 Å². The molecule has 0 radical (unpaired) electrons. The number of amides is 2. The molecule has 1 fully saturated rings. The minimum atomic E-state index is -1.14. The summed E-state index contributed by atoms with van der Waals surface area (Å²) >= 11 is 0. The van der Waals surface area contributed by atoms with Gasteiger partial charge in [0.1, 0.15) is 23.8 Å². The second kappa shape index (κ2) is 13.1. The largest absolute Gasteiger partial charge is 0.444 e. The first kappa shape index (κ1) is 33.6. The first-order valence-corrected chi connectivity index (χ1v) is 17.0. The molecule has 4 aromatic carbocycles. The number of imidazole rings is 1. The highest BCUT2D eigenvalue weighted by Crippen LogP contribution is 2.40. The summed E-state index contributed by atoms with van der Waals surface area (Å²) in [5.74, 6) is -1.02. The van der Waals surface area contributed by atoms with Crippen LogP contribution in [0.4, 0.5) is 14.9 Å². The van der Waals surface area contributed by atoms with Gasteiger partial charge < -0.3 is 35.4 Å². The van der Waals surface area contributed by atoms with Crippen LogP contribution in [0, 0.1) is 5.82 Å². The predicted molar refractivity (Wildman–Crippen MR) is 194 cm³/mol. The van der Waals surface area contributed by atoms with E-state index in [-0.39, 0.29) is 17.9 Å². The summed E-state index contributed by atoms with van der Waals surface area (Å²) in [6.07, 6.45) is 2.80. The summed E-state index contributed by atoms with van der Waals surface area (Å²) in [7, 11) is 0. The molecule has 12 heteroatoms. The standard InChI is InChI=1S/C39H39FN6O5/c1-38(2,3)51-37(49)42-22-33(47)50-39(18-7-4-8-19-39)45-29-21-24(15-16-25(29)35(41)48)46-31-12-6-5-10-26(31)34-27(11-9-13-32(34)46)36-43-28-17-14-23(40)20-30(28)44-36/h5-6,9-17,20-21,45H,4,7-8,18-19,22H2,1-3H3,(H2,41,48)(H,42,49)(H,43,44). The van der Waals surface area contributed by atoms with E-state index in [9.17, 15) is 18.8 Å². The van der Waals surface area contributed by atoms with Crippen LogP contribution >= 0.6 is 0 Å². The molecule has 0 unspecified atom stereocenters. The highest BCUT2D eigenvalue weighted by molar-refractivity contribution is 6.15. The van der Waals surface area contributed by atoms with E-state index in [1.807, 2.05) is 54.6 Å². The maximum atomic E-state index is 14.0. The molecule has 5 N–H and O–H groups in total. The third-order valence-corrected chi connectivity index (χ3v) is 9.03. The number of nitrogens with zero attached hydrogens (tertiary/aromatic N) is 2. The van der Waals surface area contributed by atoms with Gasteiger partial charge in [-0.05, 0) is 82.1 Å². The third-order valence-electron chi connectivity index (χ3n) is 9.03. The maximum absolute atomic E-state index is 14.0. The van der Waals surface area contributed by atoms with Gasteiger partial charge in [0.05, 0.1) is 33.3 Å². The average molecular weight is 691 g/mol. The summed E-state index contributed by atoms with van der Waals surface area (Å²) in [6, 6.07) is 23.7. The van der Waals surface area contributed by atoms with Gasteiger partial charge in [-0.15, -0.1) is 0 Å². The van der Waals surface area contributed by atoms with Gasteiger partial charge in [-0.2, -0.15) is 0 Å². The first-order chi connectivity index (χ1) is 24.4. The molecule has 0 spiro atoms. The van der Waals surface area contributed by atoms with Crippen LogP contribution in [0.15, 0.2) is 78.9 Å². The van der Waals surface area contributed by atoms with Crippen LogP contribution in [0.2, 0.25) is 0 Å². The van der Waals surface area contributed by atoms with Gasteiger partial charge >= 0.3 is 12.1 Å². The lowest BCUT2D eigenvalue weighted by Gasteiger charge is -2.38. The smallest absolute Gasteiger partial charge is 0.408 e. The number of rotatable bonds is 8. The van der Waals surface area contributed by atoms with Crippen molar-refractivity contribution in [2.75, 3.05) is 11.9 Å². The van der Waals surface area contributed by atoms with E-state index in [1.165, 1.54) is 12.1 Å². The van der Waals surface area contributed by atoms with Crippen LogP contribution in [0.3, 0.4) is 0 Å². The number of aromatic amines is 1. The van der Waals surface area contributed by atoms with Crippen LogP contribution in [0.1, 0.15) is 63.2 Å². The normalized spacial score (nSPS) is 14.4. The monoisotopic (exact) mass is 690 g/mol. The van der Waals surface area contributed by atoms with E-state index < -0.39 is 29.3 Å². The zero-order valence-electron chi connectivity index (χ0n) is 28.6. The summed E-state index contributed by atoms with van der Waals surface area (Å²) in [5.41, 5.74) is 9.30. The zero-order chi connectivity index (χ0) is 35.9. The number of hydrogen-bond donors (Lipinski definition) is 4. The quantitative estimate of drug-likeness (QED) is 0.0943. The van der Waals surface area contributed by atoms with E-state index in [0.717, 1.165) is 52.3 Å². The Hall–Kier alpha value is -5.91. The van der Waals surface area contributed by atoms with Crippen LogP contribution in [-0.2, 0) is 14.3 Å². The van der Waals surface area contributed by atoms with E-state index in [4.69, 9.17) is 20.2 Å². The molecule has 262 valence electrons. The van der Waals surface area contributed by atoms with Crippen molar-refractivity contribution in [3.05, 3.63) is 90.2 Å². The minimum Gasteiger partial charge on any atom is -0.444 e. The molecule has 0 saturated heterocycles. The Bertz CT molecular complexity index is 2310. The Morgan fingerprint density at radius 2 is 1.73 bits per heavy atom. The number of H-pyrrole nitrogens is 1. The number of nitrogens with two attached hydrogens (primary N) is 1. The number of carbonyl (C=O) groups excluding carboxylic acids is 3. The van der Waals surface area contributed by atoms with E-state index in [1.54, 1.807) is 32.9 Å². The molecule has 1 aliphatic rings. The van der Waals surface area contributed by atoms with E-state index in [2.05, 4.69) is 20.2 Å². The van der Waals surface area contributed by atoms with Crippen molar-refractivity contribution in [1.29, 1.82) is 0 Å². The maximum Gasteiger partial charge on any atom is 0.408 e. The van der Waals surface area contributed by atoms with Gasteiger partial charge in [0, 0.05) is 34.9 Å². The van der Waals surface area contributed by atoms with Crippen molar-refractivity contribution in [3.63, 3.8) is 0 Å². The fraction of sp³-hybridized carbons (Fsp3) is 0.282. The molecule has 7 rings (SSSR count). The molecule has 2 amide bonds. The Balaban J connectivity index is 1.28. The summed E-state index contributed by atoms with van der Waals surface area (Å²) in [6.45, 7) is 4.82. The minimum absolute atomic E-state index is 0.239. The lowest BCUT2D eigenvalue weighted by atomic mass is 9.90. The van der Waals surface area contributed by atoms with Gasteiger partial charge in [0.15, 0.2) is 5.72 Å². The van der Waals surface area contributed by atoms with Gasteiger partial charge in [-0.25, -0.2) is 14.2 Å². The first-order valence-electron chi connectivity index (χ1n) is 17.0. The lowest BCUT2D eigenvalue weighted by Crippen LogP contribution is -2.47. The molecule has 11 nitrogen and oxygen atoms in total. The summed E-state index contributed by atoms with van der Waals surface area (Å²) < 4.78 is 27.4. The van der Waals surface area contributed by atoms with Crippen molar-refractivity contribution < 1.29 is 28.2 Å². The Labute approximate surface area is 293 Å². The molecule has 0 aliphatic heterocycles. The number of anilines is 1. The number of para-hydroxylation sites is 1. The molecular formula is C39H39FN6O5. The zero-order valence-corrected chi connectivity index (χ0v) is 28.6. The van der Waals surface area contributed by atoms with Crippen molar-refractivity contribution in [1.82, 2.24) is 19.9 Å². The molecule has 6 aromatic rings. The molecule has 1 aliphatic carbocycles. The van der Waals surface area contributed by atoms with Crippen molar-refractivity contribution >= 4 is 56.5 Å². The predicted octanol–water partition coefficient (Wildman–Crippen LogP) is 7.71. The SMILES string of the molecule is CC(C)(C)OC(=O)NCC(=O)OC1(Nc2cc(-n3c4ccccc4c4c(-c5nc6ccc(F)cc6[nH]5)cccc43)ccc2C(N)=O)CCCCC1. The number of alkyl carbamates (subject to hydrolysis) is 1. The third kappa shape index (κ3) is 6.81. The highest BCUT2D eigenvalue weighted by Gasteiger charge is 2.37. The molecule has 2 aromatic heterocycles. The van der Waals surface area contributed by atoms with Crippen LogP contribution in [0.25, 0.3) is 49.9 Å². The molecule has 0 atom stereocenters. The van der Waals surface area contributed by atoms with Crippen molar-refractivity contribution in [2.24, 2.45) is 5.73 Å². The number of fused-ring (bicyclic) bond motifs is 4. The fourth-order valence-corrected chi connectivity index (χ4v) is 6.93. The van der Waals surface area contributed by atoms with E-state index >= 15 is 0 Å². The lowest BCUT2D eigenvalue weighted by molar-refractivity contribution is -0.158. The molecular weight excluding hydrogens is 651 g/mol.